The van der Waals surface area contributed by atoms with E-state index in [0.29, 0.717) is 12.0 Å². The van der Waals surface area contributed by atoms with Crippen molar-refractivity contribution in [2.75, 3.05) is 17.7 Å². The van der Waals surface area contributed by atoms with Crippen molar-refractivity contribution < 1.29 is 79.7 Å². The lowest BCUT2D eigenvalue weighted by Gasteiger charge is -2.16. The van der Waals surface area contributed by atoms with E-state index in [4.69, 9.17) is 61.7 Å². The van der Waals surface area contributed by atoms with Gasteiger partial charge in [-0.3, -0.25) is 18.7 Å². The lowest BCUT2D eigenvalue weighted by Crippen LogP contribution is -2.13. The van der Waals surface area contributed by atoms with Gasteiger partial charge in [0.15, 0.2) is 11.5 Å². The van der Waals surface area contributed by atoms with Gasteiger partial charge in [-0.1, -0.05) is 62.5 Å². The van der Waals surface area contributed by atoms with Crippen molar-refractivity contribution in [1.29, 1.82) is 0 Å². The zero-order valence-corrected chi connectivity index (χ0v) is 42.5. The number of hydrogen-bond acceptors (Lipinski definition) is 21. The molecule has 2 amide bonds. The van der Waals surface area contributed by atoms with Crippen molar-refractivity contribution in [2.24, 2.45) is 20.5 Å². The van der Waals surface area contributed by atoms with Crippen molar-refractivity contribution in [2.45, 2.75) is 26.5 Å². The third-order valence-corrected chi connectivity index (χ3v) is 14.3. The van der Waals surface area contributed by atoms with E-state index < -0.39 is 64.7 Å². The summed E-state index contributed by atoms with van der Waals surface area (Å²) in [6.45, 7) is 1.51. The smallest absolute Gasteiger partial charge is 0.296 e. The molecule has 0 spiro atoms. The molecule has 380 valence electrons. The summed E-state index contributed by atoms with van der Waals surface area (Å²) in [4.78, 5) is 25.2. The predicted molar refractivity (Wildman–Crippen MR) is 267 cm³/mol. The number of nitrogens with one attached hydrogen (secondary N) is 2. The van der Waals surface area contributed by atoms with Gasteiger partial charge in [0.25, 0.3) is 32.1 Å². The minimum atomic E-state index is -5.21. The van der Waals surface area contributed by atoms with Gasteiger partial charge >= 0.3 is 0 Å². The molecule has 0 fully saturated rings. The quantitative estimate of drug-likeness (QED) is 0.0138. The van der Waals surface area contributed by atoms with Crippen LogP contribution in [0.2, 0.25) is 20.1 Å². The minimum Gasteiger partial charge on any atom is -0.505 e. The molecule has 0 radical (unpaired) electrons. The number of anilines is 2. The number of aromatic hydroxyl groups is 2. The van der Waals surface area contributed by atoms with Crippen molar-refractivity contribution in [3.05, 3.63) is 122 Å². The van der Waals surface area contributed by atoms with Crippen LogP contribution in [0.5, 0.6) is 17.2 Å². The molecule has 7 aromatic carbocycles. The number of rotatable bonds is 17. The molecule has 0 aromatic heterocycles. The molecule has 23 nitrogen and oxygen atoms in total. The maximum absolute atomic E-state index is 13.5. The van der Waals surface area contributed by atoms with Crippen molar-refractivity contribution in [1.82, 2.24) is 0 Å². The second-order valence-electron chi connectivity index (χ2n) is 14.5. The molecule has 0 heterocycles. The van der Waals surface area contributed by atoms with E-state index in [2.05, 4.69) is 49.8 Å². The number of nitrogens with zero attached hydrogens (tertiary/aromatic N) is 4. The normalized spacial score (nSPS) is 12.1. The van der Waals surface area contributed by atoms with E-state index in [9.17, 15) is 45.7 Å². The number of aryl methyl sites for hydroxylation is 1. The zero-order valence-electron chi connectivity index (χ0n) is 36.2. The maximum atomic E-state index is 13.5. The summed E-state index contributed by atoms with van der Waals surface area (Å²) in [6.07, 6.45) is 0. The molecule has 0 unspecified atom stereocenters. The number of azo groups is 2. The summed E-state index contributed by atoms with van der Waals surface area (Å²) in [6, 6.07) is 17.2. The lowest BCUT2D eigenvalue weighted by atomic mass is 10.1. The average Bonchev–Trinajstić information content (AvgIpc) is 3.32. The van der Waals surface area contributed by atoms with Gasteiger partial charge in [0.2, 0.25) is 0 Å². The monoisotopic (exact) mass is 1160 g/mol. The average molecular weight is 1160 g/mol. The Kier molecular flexibility index (Phi) is 17.0. The van der Waals surface area contributed by atoms with Gasteiger partial charge in [-0.15, -0.1) is 29.1 Å². The summed E-state index contributed by atoms with van der Waals surface area (Å²) in [7, 11) is -8.93. The molecule has 0 saturated heterocycles. The van der Waals surface area contributed by atoms with Gasteiger partial charge in [-0.25, -0.2) is 10.5 Å². The summed E-state index contributed by atoms with van der Waals surface area (Å²) in [5, 5.41) is 69.5. The Hall–Kier alpha value is -5.96. The van der Waals surface area contributed by atoms with E-state index in [1.165, 1.54) is 80.8 Å². The van der Waals surface area contributed by atoms with Crippen LogP contribution in [0.3, 0.4) is 0 Å². The van der Waals surface area contributed by atoms with Crippen LogP contribution in [0.4, 0.5) is 34.1 Å². The molecule has 7 aromatic rings. The number of fused-ring (bicyclic) bond motifs is 2. The molecule has 0 aliphatic carbocycles. The number of ether oxygens (including phenoxy) is 1. The van der Waals surface area contributed by atoms with Gasteiger partial charge < -0.3 is 25.6 Å². The second-order valence-corrected chi connectivity index (χ2v) is 20.5. The molecule has 31 heteroatoms. The third-order valence-electron chi connectivity index (χ3n) is 10.0. The highest BCUT2D eigenvalue weighted by Crippen LogP contribution is 2.49. The van der Waals surface area contributed by atoms with Crippen LogP contribution in [0, 0.1) is 6.92 Å². The SMILES string of the molecule is COc1cc(N=Nc2c(SOOO)cc3cc(S(=O)(=O)O)cc(NC(=O)c4ccc(Cl)cc4Cl)c3c2O)c(C)cc1N=Nc1c(S(=O)(=O)O)cc2cc(SOOO)cc(NC(=O)c3cccc(Cl)c3Cl)c2c1O. The first-order valence-electron chi connectivity index (χ1n) is 19.5. The number of carbonyl (C=O) groups is 2. The fourth-order valence-corrected chi connectivity index (χ4v) is 9.85. The maximum Gasteiger partial charge on any atom is 0.296 e. The first-order valence-corrected chi connectivity index (χ1v) is 25.4. The minimum absolute atomic E-state index is 0.0230. The predicted octanol–water partition coefficient (Wildman–Crippen LogP) is 13.0. The molecule has 0 aliphatic rings. The Morgan fingerprint density at radius 1 is 0.644 bits per heavy atom. The van der Waals surface area contributed by atoms with Gasteiger partial charge in [0.05, 0.1) is 84.2 Å². The second kappa shape index (κ2) is 22.7. The number of benzene rings is 7. The Balaban J connectivity index is 1.32. The van der Waals surface area contributed by atoms with Crippen LogP contribution >= 0.6 is 70.5 Å². The van der Waals surface area contributed by atoms with E-state index in [1.54, 1.807) is 0 Å². The number of carbonyl (C=O) groups excluding carboxylic acids is 2. The fourth-order valence-electron chi connectivity index (χ4n) is 6.82. The number of methoxy groups -OCH3 is 1. The molecule has 8 N–H and O–H groups in total. The van der Waals surface area contributed by atoms with Gasteiger partial charge in [-0.2, -0.15) is 16.8 Å². The molecule has 0 saturated carbocycles. The standard InChI is InChI=1S/C42H28Cl4N6O17S4/c1-17-8-28(50-52-38-33(73(62,63)64)12-18-9-21(70-68-66-57)14-29(34(18)40(38)54)47-42(56)24-4-3-5-25(44)36(24)46)31(65-2)16-27(17)49-51-37-32(71-69-67-58)11-19-10-22(72(59,60)61)15-30(35(19)39(37)53)48-41(55)23-7-6-20(43)13-26(23)45/h3-16,53-54,57-58H,1-2H3,(H,47,56)(H,48,55)(H,59,60,61)(H,62,63,64). The molecule has 0 aliphatic heterocycles. The van der Waals surface area contributed by atoms with E-state index in [-0.39, 0.29) is 109 Å². The number of hydrogen-bond donors (Lipinski definition) is 8. The number of phenols is 2. The number of phenolic OH excluding ortho intramolecular Hbond substituents is 2. The Morgan fingerprint density at radius 2 is 1.26 bits per heavy atom. The van der Waals surface area contributed by atoms with E-state index in [0.717, 1.165) is 18.2 Å². The third kappa shape index (κ3) is 12.2. The van der Waals surface area contributed by atoms with Crippen molar-refractivity contribution in [3.8, 4) is 17.2 Å². The summed E-state index contributed by atoms with van der Waals surface area (Å²) >= 11 is 25.3. The molecule has 0 bridgehead atoms. The van der Waals surface area contributed by atoms with Crippen LogP contribution in [-0.4, -0.2) is 65.6 Å². The van der Waals surface area contributed by atoms with Crippen LogP contribution in [0.15, 0.2) is 125 Å². The summed E-state index contributed by atoms with van der Waals surface area (Å²) < 4.78 is 85.3. The highest BCUT2D eigenvalue weighted by Gasteiger charge is 2.27. The lowest BCUT2D eigenvalue weighted by molar-refractivity contribution is -0.432. The summed E-state index contributed by atoms with van der Waals surface area (Å²) in [5.41, 5.74) is -1.81. The van der Waals surface area contributed by atoms with Crippen LogP contribution in [0.25, 0.3) is 21.5 Å². The van der Waals surface area contributed by atoms with Crippen molar-refractivity contribution in [3.63, 3.8) is 0 Å². The Morgan fingerprint density at radius 3 is 1.90 bits per heavy atom. The van der Waals surface area contributed by atoms with Crippen LogP contribution < -0.4 is 15.4 Å². The highest BCUT2D eigenvalue weighted by atomic mass is 35.5. The van der Waals surface area contributed by atoms with Gasteiger partial charge in [-0.05, 0) is 96.1 Å². The fraction of sp³-hybridized carbons (Fsp3) is 0.0476. The first-order chi connectivity index (χ1) is 34.5. The van der Waals surface area contributed by atoms with E-state index in [1.807, 2.05) is 0 Å². The largest absolute Gasteiger partial charge is 0.505 e. The van der Waals surface area contributed by atoms with Crippen LogP contribution in [0.1, 0.15) is 26.3 Å². The molecular weight excluding hydrogens is 1130 g/mol. The zero-order chi connectivity index (χ0) is 53.1. The van der Waals surface area contributed by atoms with Crippen LogP contribution in [-0.2, 0) is 39.0 Å². The summed E-state index contributed by atoms with van der Waals surface area (Å²) in [5.74, 6) is -3.49. The number of amides is 2. The highest BCUT2D eigenvalue weighted by molar-refractivity contribution is 7.95. The molecular formula is C42H28Cl4N6O17S4. The Labute approximate surface area is 438 Å². The topological polar surface area (TPSA) is 343 Å². The van der Waals surface area contributed by atoms with Gasteiger partial charge in [0.1, 0.15) is 27.7 Å². The molecule has 7 rings (SSSR count). The Bertz CT molecular complexity index is 3710. The first kappa shape index (κ1) is 54.8. The van der Waals surface area contributed by atoms with E-state index >= 15 is 0 Å². The number of halogens is 4. The van der Waals surface area contributed by atoms with Gasteiger partial charge in [0, 0.05) is 26.8 Å². The van der Waals surface area contributed by atoms with Crippen molar-refractivity contribution >= 4 is 158 Å². The molecule has 73 heavy (non-hydrogen) atoms. The molecule has 0 atom stereocenters.